The Bertz CT molecular complexity index is 1140. The van der Waals surface area contributed by atoms with Crippen molar-refractivity contribution in [2.45, 2.75) is 39.9 Å². The zero-order valence-corrected chi connectivity index (χ0v) is 17.9. The van der Waals surface area contributed by atoms with Gasteiger partial charge in [0.1, 0.15) is 10.6 Å². The quantitative estimate of drug-likeness (QED) is 0.440. The van der Waals surface area contributed by atoms with Gasteiger partial charge in [-0.25, -0.2) is 4.98 Å². The summed E-state index contributed by atoms with van der Waals surface area (Å²) in [5.74, 6) is 0.708. The summed E-state index contributed by atoms with van der Waals surface area (Å²) in [4.78, 5) is 35.0. The van der Waals surface area contributed by atoms with Crippen molar-refractivity contribution in [3.05, 3.63) is 73.7 Å². The lowest BCUT2D eigenvalue weighted by molar-refractivity contribution is -0.132. The lowest BCUT2D eigenvalue weighted by atomic mass is 10.2. The van der Waals surface area contributed by atoms with Crippen LogP contribution in [0, 0.1) is 13.8 Å². The smallest absolute Gasteiger partial charge is 0.262 e. The Morgan fingerprint density at radius 2 is 2.10 bits per heavy atom. The van der Waals surface area contributed by atoms with Crippen molar-refractivity contribution in [2.75, 3.05) is 0 Å². The van der Waals surface area contributed by atoms with Crippen molar-refractivity contribution in [3.8, 4) is 0 Å². The van der Waals surface area contributed by atoms with E-state index in [1.165, 1.54) is 15.9 Å². The Labute approximate surface area is 176 Å². The fourth-order valence-corrected chi connectivity index (χ4v) is 4.92. The third kappa shape index (κ3) is 4.18. The number of rotatable bonds is 7. The van der Waals surface area contributed by atoms with E-state index in [0.717, 1.165) is 25.9 Å². The molecule has 150 valence electrons. The molecule has 0 N–H and O–H groups in total. The molecule has 0 saturated heterocycles. The number of amides is 1. The Hall–Kier alpha value is -2.71. The molecule has 0 atom stereocenters. The third-order valence-electron chi connectivity index (χ3n) is 4.93. The van der Waals surface area contributed by atoms with Crippen LogP contribution in [0.5, 0.6) is 0 Å². The van der Waals surface area contributed by atoms with Crippen molar-refractivity contribution in [3.63, 3.8) is 0 Å². The first-order chi connectivity index (χ1) is 14.0. The molecule has 0 aromatic carbocycles. The van der Waals surface area contributed by atoms with Gasteiger partial charge in [0.05, 0.1) is 31.1 Å². The second-order valence-corrected chi connectivity index (χ2v) is 9.10. The van der Waals surface area contributed by atoms with Gasteiger partial charge in [0.15, 0.2) is 0 Å². The Balaban J connectivity index is 1.51. The highest BCUT2D eigenvalue weighted by Crippen LogP contribution is 2.25. The number of hydrogen-bond donors (Lipinski definition) is 0. The van der Waals surface area contributed by atoms with Crippen LogP contribution in [0.4, 0.5) is 0 Å². The number of carbonyl (C=O) groups is 1. The number of aromatic nitrogens is 2. The standard InChI is InChI=1S/C21H21N3O3S2/c1-14-15(2)29-20-19(14)21(26)23(13-22-20)8-7-18(25)24(11-16-5-3-9-27-16)12-17-6-4-10-28-17/h3-6,9-10,13H,7-8,11-12H2,1-2H3. The molecule has 8 heteroatoms. The number of nitrogens with zero attached hydrogens (tertiary/aromatic N) is 3. The maximum absolute atomic E-state index is 13.0. The fraction of sp³-hybridized carbons (Fsp3) is 0.286. The first-order valence-electron chi connectivity index (χ1n) is 9.30. The van der Waals surface area contributed by atoms with Crippen LogP contribution in [0.3, 0.4) is 0 Å². The minimum atomic E-state index is -0.0829. The maximum atomic E-state index is 13.0. The summed E-state index contributed by atoms with van der Waals surface area (Å²) in [6.07, 6.45) is 3.37. The largest absolute Gasteiger partial charge is 0.467 e. The van der Waals surface area contributed by atoms with Gasteiger partial charge in [-0.3, -0.25) is 14.2 Å². The molecule has 4 aromatic heterocycles. The number of fused-ring (bicyclic) bond motifs is 1. The van der Waals surface area contributed by atoms with Crippen molar-refractivity contribution in [2.24, 2.45) is 0 Å². The van der Waals surface area contributed by atoms with Crippen LogP contribution in [-0.4, -0.2) is 20.4 Å². The van der Waals surface area contributed by atoms with Gasteiger partial charge >= 0.3 is 0 Å². The summed E-state index contributed by atoms with van der Waals surface area (Å²) < 4.78 is 6.96. The van der Waals surface area contributed by atoms with Crippen LogP contribution in [0.1, 0.15) is 27.5 Å². The van der Waals surface area contributed by atoms with E-state index in [9.17, 15) is 9.59 Å². The van der Waals surface area contributed by atoms with E-state index in [0.29, 0.717) is 25.0 Å². The van der Waals surface area contributed by atoms with Crippen molar-refractivity contribution < 1.29 is 9.21 Å². The van der Waals surface area contributed by atoms with Gasteiger partial charge in [-0.2, -0.15) is 0 Å². The zero-order chi connectivity index (χ0) is 20.4. The summed E-state index contributed by atoms with van der Waals surface area (Å²) in [6, 6.07) is 7.66. The molecular formula is C21H21N3O3S2. The van der Waals surface area contributed by atoms with Crippen molar-refractivity contribution >= 4 is 38.8 Å². The van der Waals surface area contributed by atoms with Gasteiger partial charge in [0, 0.05) is 22.7 Å². The predicted octanol–water partition coefficient (Wildman–Crippen LogP) is 4.35. The molecule has 0 spiro atoms. The lowest BCUT2D eigenvalue weighted by Crippen LogP contribution is -2.31. The van der Waals surface area contributed by atoms with E-state index in [2.05, 4.69) is 4.98 Å². The summed E-state index contributed by atoms with van der Waals surface area (Å²) in [7, 11) is 0. The third-order valence-corrected chi connectivity index (χ3v) is 6.91. The monoisotopic (exact) mass is 427 g/mol. The number of hydrogen-bond acceptors (Lipinski definition) is 6. The maximum Gasteiger partial charge on any atom is 0.262 e. The van der Waals surface area contributed by atoms with Gasteiger partial charge in [0.2, 0.25) is 5.91 Å². The molecule has 0 aliphatic rings. The predicted molar refractivity (Wildman–Crippen MR) is 115 cm³/mol. The molecule has 1 amide bonds. The van der Waals surface area contributed by atoms with Crippen LogP contribution in [0.15, 0.2) is 51.4 Å². The molecule has 4 aromatic rings. The molecule has 0 fully saturated rings. The van der Waals surface area contributed by atoms with Gasteiger partial charge < -0.3 is 9.32 Å². The van der Waals surface area contributed by atoms with Crippen LogP contribution >= 0.6 is 22.7 Å². The van der Waals surface area contributed by atoms with E-state index >= 15 is 0 Å². The Morgan fingerprint density at radius 3 is 2.83 bits per heavy atom. The van der Waals surface area contributed by atoms with Crippen molar-refractivity contribution in [1.29, 1.82) is 0 Å². The van der Waals surface area contributed by atoms with Crippen LogP contribution in [0.2, 0.25) is 0 Å². The minimum absolute atomic E-state index is 0.0278. The number of aryl methyl sites for hydroxylation is 3. The first-order valence-corrected chi connectivity index (χ1v) is 11.0. The second kappa shape index (κ2) is 8.34. The Kier molecular flexibility index (Phi) is 5.64. The van der Waals surface area contributed by atoms with E-state index in [4.69, 9.17) is 4.42 Å². The van der Waals surface area contributed by atoms with Gasteiger partial charge in [-0.05, 0) is 43.0 Å². The highest BCUT2D eigenvalue weighted by Gasteiger charge is 2.18. The van der Waals surface area contributed by atoms with E-state index in [1.54, 1.807) is 28.8 Å². The molecule has 0 radical (unpaired) electrons. The summed E-state index contributed by atoms with van der Waals surface area (Å²) in [6.45, 7) is 5.16. The Morgan fingerprint density at radius 1 is 1.24 bits per heavy atom. The summed E-state index contributed by atoms with van der Waals surface area (Å²) >= 11 is 3.14. The van der Waals surface area contributed by atoms with E-state index in [-0.39, 0.29) is 17.9 Å². The minimum Gasteiger partial charge on any atom is -0.467 e. The van der Waals surface area contributed by atoms with Gasteiger partial charge in [-0.15, -0.1) is 22.7 Å². The molecule has 6 nitrogen and oxygen atoms in total. The molecule has 0 aliphatic carbocycles. The molecule has 0 saturated carbocycles. The van der Waals surface area contributed by atoms with Gasteiger partial charge in [-0.1, -0.05) is 6.07 Å². The SMILES string of the molecule is Cc1sc2ncn(CCC(=O)N(Cc3ccco3)Cc3cccs3)c(=O)c2c1C. The molecular weight excluding hydrogens is 406 g/mol. The molecule has 4 heterocycles. The number of carbonyl (C=O) groups excluding carboxylic acids is 1. The van der Waals surface area contributed by atoms with E-state index < -0.39 is 0 Å². The topological polar surface area (TPSA) is 68.3 Å². The highest BCUT2D eigenvalue weighted by atomic mass is 32.1. The second-order valence-electron chi connectivity index (χ2n) is 6.87. The molecule has 29 heavy (non-hydrogen) atoms. The van der Waals surface area contributed by atoms with E-state index in [1.807, 2.05) is 43.5 Å². The van der Waals surface area contributed by atoms with Gasteiger partial charge in [0.25, 0.3) is 5.56 Å². The molecule has 0 bridgehead atoms. The highest BCUT2D eigenvalue weighted by molar-refractivity contribution is 7.18. The van der Waals surface area contributed by atoms with Crippen LogP contribution < -0.4 is 5.56 Å². The average molecular weight is 428 g/mol. The lowest BCUT2D eigenvalue weighted by Gasteiger charge is -2.21. The number of thiophene rings is 2. The molecule has 4 rings (SSSR count). The van der Waals surface area contributed by atoms with Crippen molar-refractivity contribution in [1.82, 2.24) is 14.5 Å². The number of furan rings is 1. The zero-order valence-electron chi connectivity index (χ0n) is 16.3. The fourth-order valence-electron chi connectivity index (χ4n) is 3.22. The summed E-state index contributed by atoms with van der Waals surface area (Å²) in [5.41, 5.74) is 0.890. The summed E-state index contributed by atoms with van der Waals surface area (Å²) in [5, 5.41) is 2.66. The molecule has 0 unspecified atom stereocenters. The van der Waals surface area contributed by atoms with Crippen LogP contribution in [0.25, 0.3) is 10.2 Å². The van der Waals surface area contributed by atoms with Crippen LogP contribution in [-0.2, 0) is 24.4 Å². The first kappa shape index (κ1) is 19.6. The average Bonchev–Trinajstić information content (AvgIpc) is 3.44. The normalized spacial score (nSPS) is 11.2. The molecule has 0 aliphatic heterocycles.